The molecule has 2 aromatic rings. The number of esters is 1. The summed E-state index contributed by atoms with van der Waals surface area (Å²) in [5, 5.41) is 0. The number of aryl methyl sites for hydroxylation is 4. The number of carbonyl (C=O) groups is 2. The predicted molar refractivity (Wildman–Crippen MR) is 97.9 cm³/mol. The zero-order valence-electron chi connectivity index (χ0n) is 15.1. The van der Waals surface area contributed by atoms with E-state index in [1.54, 1.807) is 4.90 Å². The summed E-state index contributed by atoms with van der Waals surface area (Å²) in [7, 11) is 0. The average Bonchev–Trinajstić information content (AvgIpc) is 2.95. The van der Waals surface area contributed by atoms with Gasteiger partial charge >= 0.3 is 5.97 Å². The Morgan fingerprint density at radius 3 is 2.44 bits per heavy atom. The highest BCUT2D eigenvalue weighted by Gasteiger charge is 2.36. The Morgan fingerprint density at radius 2 is 1.72 bits per heavy atom. The minimum absolute atomic E-state index is 0.0360. The van der Waals surface area contributed by atoms with Gasteiger partial charge in [-0.05, 0) is 68.1 Å². The molecule has 1 saturated heterocycles. The minimum Gasteiger partial charge on any atom is -0.426 e. The van der Waals surface area contributed by atoms with Crippen molar-refractivity contribution >= 4 is 17.6 Å². The maximum atomic E-state index is 12.5. The molecule has 0 aliphatic carbocycles. The molecular weight excluding hydrogens is 314 g/mol. The topological polar surface area (TPSA) is 46.6 Å². The lowest BCUT2D eigenvalue weighted by molar-refractivity contribution is -0.139. The zero-order chi connectivity index (χ0) is 18.1. The molecule has 0 N–H and O–H groups in total. The smallest absolute Gasteiger partial charge is 0.316 e. The second kappa shape index (κ2) is 6.71. The first-order valence-electron chi connectivity index (χ1n) is 8.51. The SMILES string of the molecule is Cc1ccc(C)c(OC(=O)[C@H]2CC(=O)N(c3ccc(C)c(C)c3)C2)c1. The van der Waals surface area contributed by atoms with Crippen molar-refractivity contribution in [3.63, 3.8) is 0 Å². The van der Waals surface area contributed by atoms with Gasteiger partial charge in [0.05, 0.1) is 5.92 Å². The zero-order valence-corrected chi connectivity index (χ0v) is 15.1. The number of ether oxygens (including phenoxy) is 1. The summed E-state index contributed by atoms with van der Waals surface area (Å²) in [6.45, 7) is 8.28. The van der Waals surface area contributed by atoms with Crippen LogP contribution in [0.2, 0.25) is 0 Å². The van der Waals surface area contributed by atoms with E-state index < -0.39 is 5.92 Å². The molecule has 1 aliphatic rings. The van der Waals surface area contributed by atoms with Gasteiger partial charge in [-0.25, -0.2) is 0 Å². The Kier molecular flexibility index (Phi) is 4.62. The van der Waals surface area contributed by atoms with Crippen molar-refractivity contribution in [2.45, 2.75) is 34.1 Å². The summed E-state index contributed by atoms with van der Waals surface area (Å²) in [5.41, 5.74) is 5.10. The molecule has 0 unspecified atom stereocenters. The summed E-state index contributed by atoms with van der Waals surface area (Å²) in [6, 6.07) is 11.7. The monoisotopic (exact) mass is 337 g/mol. The van der Waals surface area contributed by atoms with E-state index in [1.165, 1.54) is 5.56 Å². The first-order chi connectivity index (χ1) is 11.8. The number of hydrogen-bond donors (Lipinski definition) is 0. The molecule has 130 valence electrons. The number of hydrogen-bond acceptors (Lipinski definition) is 3. The summed E-state index contributed by atoms with van der Waals surface area (Å²) in [6.07, 6.45) is 0.191. The van der Waals surface area contributed by atoms with Crippen LogP contribution in [-0.2, 0) is 9.59 Å². The van der Waals surface area contributed by atoms with Crippen LogP contribution in [0.3, 0.4) is 0 Å². The molecule has 1 amide bonds. The lowest BCUT2D eigenvalue weighted by atomic mass is 10.1. The van der Waals surface area contributed by atoms with E-state index in [-0.39, 0.29) is 18.3 Å². The minimum atomic E-state index is -0.436. The van der Waals surface area contributed by atoms with Crippen molar-refractivity contribution in [3.8, 4) is 5.75 Å². The van der Waals surface area contributed by atoms with Gasteiger partial charge in [-0.1, -0.05) is 18.2 Å². The van der Waals surface area contributed by atoms with Crippen molar-refractivity contribution in [1.82, 2.24) is 0 Å². The van der Waals surface area contributed by atoms with Crippen LogP contribution in [0.4, 0.5) is 5.69 Å². The fourth-order valence-electron chi connectivity index (χ4n) is 3.02. The third-order valence-electron chi connectivity index (χ3n) is 4.81. The van der Waals surface area contributed by atoms with Gasteiger partial charge in [0.15, 0.2) is 0 Å². The lowest BCUT2D eigenvalue weighted by Crippen LogP contribution is -2.27. The van der Waals surface area contributed by atoms with Crippen LogP contribution in [0.5, 0.6) is 5.75 Å². The van der Waals surface area contributed by atoms with Crippen LogP contribution in [-0.4, -0.2) is 18.4 Å². The molecule has 1 atom stereocenters. The first-order valence-corrected chi connectivity index (χ1v) is 8.51. The van der Waals surface area contributed by atoms with Gasteiger partial charge in [-0.2, -0.15) is 0 Å². The summed E-state index contributed by atoms with van der Waals surface area (Å²) in [5.74, 6) is -0.240. The van der Waals surface area contributed by atoms with Gasteiger partial charge in [0.25, 0.3) is 0 Å². The van der Waals surface area contributed by atoms with Crippen LogP contribution >= 0.6 is 0 Å². The number of benzene rings is 2. The van der Waals surface area contributed by atoms with E-state index in [4.69, 9.17) is 4.74 Å². The van der Waals surface area contributed by atoms with E-state index in [0.29, 0.717) is 12.3 Å². The van der Waals surface area contributed by atoms with Gasteiger partial charge < -0.3 is 9.64 Å². The number of rotatable bonds is 3. The van der Waals surface area contributed by atoms with Gasteiger partial charge in [-0.3, -0.25) is 9.59 Å². The number of nitrogens with zero attached hydrogens (tertiary/aromatic N) is 1. The Hall–Kier alpha value is -2.62. The third-order valence-corrected chi connectivity index (χ3v) is 4.81. The van der Waals surface area contributed by atoms with Crippen LogP contribution < -0.4 is 9.64 Å². The van der Waals surface area contributed by atoms with Crippen molar-refractivity contribution in [2.75, 3.05) is 11.4 Å². The molecule has 1 fully saturated rings. The van der Waals surface area contributed by atoms with E-state index in [0.717, 1.165) is 22.4 Å². The first kappa shape index (κ1) is 17.2. The summed E-state index contributed by atoms with van der Waals surface area (Å²) in [4.78, 5) is 26.6. The number of amides is 1. The van der Waals surface area contributed by atoms with Crippen molar-refractivity contribution < 1.29 is 14.3 Å². The normalized spacial score (nSPS) is 17.0. The molecule has 4 nitrogen and oxygen atoms in total. The molecule has 0 aromatic heterocycles. The Labute approximate surface area is 148 Å². The predicted octanol–water partition coefficient (Wildman–Crippen LogP) is 3.88. The van der Waals surface area contributed by atoms with Crippen molar-refractivity contribution in [1.29, 1.82) is 0 Å². The van der Waals surface area contributed by atoms with Gasteiger partial charge in [-0.15, -0.1) is 0 Å². The third kappa shape index (κ3) is 3.58. The molecule has 3 rings (SSSR count). The summed E-state index contributed by atoms with van der Waals surface area (Å²) < 4.78 is 5.57. The number of anilines is 1. The molecular formula is C21H23NO3. The molecule has 0 saturated carbocycles. The largest absolute Gasteiger partial charge is 0.426 e. The standard InChI is InChI=1S/C21H23NO3/c1-13-5-6-15(3)19(9-13)25-21(24)17-11-20(23)22(12-17)18-8-7-14(2)16(4)10-18/h5-10,17H,11-12H2,1-4H3/t17-/m0/s1. The molecule has 25 heavy (non-hydrogen) atoms. The Bertz CT molecular complexity index is 841. The van der Waals surface area contributed by atoms with Gasteiger partial charge in [0.2, 0.25) is 5.91 Å². The maximum Gasteiger partial charge on any atom is 0.316 e. The van der Waals surface area contributed by atoms with E-state index >= 15 is 0 Å². The van der Waals surface area contributed by atoms with Gasteiger partial charge in [0.1, 0.15) is 5.75 Å². The highest BCUT2D eigenvalue weighted by molar-refractivity contribution is 5.99. The molecule has 0 radical (unpaired) electrons. The second-order valence-corrected chi connectivity index (χ2v) is 6.86. The molecule has 1 heterocycles. The van der Waals surface area contributed by atoms with Crippen LogP contribution in [0.25, 0.3) is 0 Å². The van der Waals surface area contributed by atoms with Crippen molar-refractivity contribution in [2.24, 2.45) is 5.92 Å². The second-order valence-electron chi connectivity index (χ2n) is 6.86. The average molecular weight is 337 g/mol. The van der Waals surface area contributed by atoms with E-state index in [9.17, 15) is 9.59 Å². The Balaban J connectivity index is 1.74. The molecule has 1 aliphatic heterocycles. The number of carbonyl (C=O) groups excluding carboxylic acids is 2. The molecule has 2 aromatic carbocycles. The molecule has 0 spiro atoms. The van der Waals surface area contributed by atoms with Crippen molar-refractivity contribution in [3.05, 3.63) is 58.7 Å². The van der Waals surface area contributed by atoms with E-state index in [2.05, 4.69) is 0 Å². The van der Waals surface area contributed by atoms with Crippen LogP contribution in [0.15, 0.2) is 36.4 Å². The maximum absolute atomic E-state index is 12.5. The lowest BCUT2D eigenvalue weighted by Gasteiger charge is -2.18. The molecule has 4 heteroatoms. The highest BCUT2D eigenvalue weighted by atomic mass is 16.5. The summed E-state index contributed by atoms with van der Waals surface area (Å²) >= 11 is 0. The van der Waals surface area contributed by atoms with Gasteiger partial charge in [0, 0.05) is 18.7 Å². The quantitative estimate of drug-likeness (QED) is 0.631. The van der Waals surface area contributed by atoms with Crippen LogP contribution in [0.1, 0.15) is 28.7 Å². The fourth-order valence-corrected chi connectivity index (χ4v) is 3.02. The van der Waals surface area contributed by atoms with Crippen LogP contribution in [0, 0.1) is 33.6 Å². The molecule has 0 bridgehead atoms. The Morgan fingerprint density at radius 1 is 1.00 bits per heavy atom. The van der Waals surface area contributed by atoms with E-state index in [1.807, 2.05) is 64.1 Å². The highest BCUT2D eigenvalue weighted by Crippen LogP contribution is 2.28. The fraction of sp³-hybridized carbons (Fsp3) is 0.333.